The number of aromatic nitrogens is 1. The summed E-state index contributed by atoms with van der Waals surface area (Å²) in [6.45, 7) is 4.86. The fourth-order valence-electron chi connectivity index (χ4n) is 4.93. The van der Waals surface area contributed by atoms with E-state index in [2.05, 4.69) is 18.3 Å². The number of amides is 1. The average molecular weight is 521 g/mol. The number of carbonyl (C=O) groups is 1. The molecule has 2 aromatic rings. The Labute approximate surface area is 222 Å². The summed E-state index contributed by atoms with van der Waals surface area (Å²) < 4.78 is 2.25. The molecule has 1 aliphatic heterocycles. The molecule has 1 aromatic heterocycles. The molecule has 0 atom stereocenters. The van der Waals surface area contributed by atoms with Gasteiger partial charge in [0, 0.05) is 24.7 Å². The number of rotatable bonds is 8. The second-order valence-electron chi connectivity index (χ2n) is 9.37. The zero-order valence-corrected chi connectivity index (χ0v) is 22.5. The second-order valence-corrected chi connectivity index (χ2v) is 11.0. The van der Waals surface area contributed by atoms with Crippen LogP contribution in [0.4, 0.5) is 5.82 Å². The molecule has 1 aliphatic carbocycles. The standard InChI is InChI=1S/C28H32N4O2S2/c1-3-4-15-31-25(30-18-20-11-7-5-8-12-20)22(19(2)23(17-29)26(31)33)16-24-27(34)32(28(35)36-24)21-13-9-6-10-14-21/h5,7-8,11-12,16,21,30H,3-4,6,9-10,13-15,18H2,1-2H3/b24-16+. The third-order valence-corrected chi connectivity index (χ3v) is 8.28. The van der Waals surface area contributed by atoms with E-state index in [1.54, 1.807) is 16.4 Å². The van der Waals surface area contributed by atoms with Gasteiger partial charge >= 0.3 is 0 Å². The van der Waals surface area contributed by atoms with Gasteiger partial charge in [0.05, 0.1) is 4.91 Å². The highest BCUT2D eigenvalue weighted by Crippen LogP contribution is 2.38. The monoisotopic (exact) mass is 520 g/mol. The maximum Gasteiger partial charge on any atom is 0.270 e. The van der Waals surface area contributed by atoms with Gasteiger partial charge in [-0.05, 0) is 43.4 Å². The molecule has 1 saturated heterocycles. The molecule has 4 rings (SSSR count). The highest BCUT2D eigenvalue weighted by Gasteiger charge is 2.37. The summed E-state index contributed by atoms with van der Waals surface area (Å²) in [6, 6.07) is 12.2. The van der Waals surface area contributed by atoms with E-state index in [1.807, 2.05) is 36.4 Å². The Balaban J connectivity index is 1.79. The molecule has 2 aliphatic rings. The molecule has 2 fully saturated rings. The van der Waals surface area contributed by atoms with Crippen molar-refractivity contribution in [3.63, 3.8) is 0 Å². The smallest absolute Gasteiger partial charge is 0.270 e. The number of thioether (sulfide) groups is 1. The number of unbranched alkanes of at least 4 members (excludes halogenated alkanes) is 1. The van der Waals surface area contributed by atoms with Gasteiger partial charge in [-0.15, -0.1) is 0 Å². The summed E-state index contributed by atoms with van der Waals surface area (Å²) in [5.74, 6) is 0.562. The molecule has 188 valence electrons. The first kappa shape index (κ1) is 26.2. The third kappa shape index (κ3) is 5.42. The molecule has 1 N–H and O–H groups in total. The van der Waals surface area contributed by atoms with E-state index in [9.17, 15) is 14.9 Å². The lowest BCUT2D eigenvalue weighted by molar-refractivity contribution is -0.124. The van der Waals surface area contributed by atoms with Crippen LogP contribution < -0.4 is 10.9 Å². The van der Waals surface area contributed by atoms with Gasteiger partial charge < -0.3 is 5.32 Å². The Morgan fingerprint density at radius 2 is 1.92 bits per heavy atom. The van der Waals surface area contributed by atoms with Gasteiger partial charge in [-0.2, -0.15) is 5.26 Å². The number of thiocarbonyl (C=S) groups is 1. The highest BCUT2D eigenvalue weighted by molar-refractivity contribution is 8.26. The molecule has 36 heavy (non-hydrogen) atoms. The number of carbonyl (C=O) groups excluding carboxylic acids is 1. The summed E-state index contributed by atoms with van der Waals surface area (Å²) in [6.07, 6.45) is 8.92. The molecule has 0 spiro atoms. The van der Waals surface area contributed by atoms with E-state index in [-0.39, 0.29) is 23.1 Å². The Bertz CT molecular complexity index is 1270. The molecule has 1 amide bonds. The lowest BCUT2D eigenvalue weighted by Gasteiger charge is -2.29. The first-order chi connectivity index (χ1) is 17.5. The third-order valence-electron chi connectivity index (χ3n) is 6.95. The second kappa shape index (κ2) is 11.9. The summed E-state index contributed by atoms with van der Waals surface area (Å²) in [5.41, 5.74) is 2.16. The van der Waals surface area contributed by atoms with Crippen LogP contribution in [0.2, 0.25) is 0 Å². The molecular weight excluding hydrogens is 488 g/mol. The van der Waals surface area contributed by atoms with Gasteiger partial charge in [0.15, 0.2) is 0 Å². The van der Waals surface area contributed by atoms with E-state index in [0.717, 1.165) is 44.1 Å². The quantitative estimate of drug-likeness (QED) is 0.341. The Morgan fingerprint density at radius 1 is 1.19 bits per heavy atom. The highest BCUT2D eigenvalue weighted by atomic mass is 32.2. The number of anilines is 1. The number of pyridine rings is 1. The van der Waals surface area contributed by atoms with Crippen LogP contribution in [0.3, 0.4) is 0 Å². The molecule has 1 aromatic carbocycles. The number of nitrogens with zero attached hydrogens (tertiary/aromatic N) is 3. The molecule has 6 nitrogen and oxygen atoms in total. The number of hydrogen-bond acceptors (Lipinski definition) is 6. The van der Waals surface area contributed by atoms with Gasteiger partial charge in [-0.1, -0.05) is 86.9 Å². The number of nitrogens with one attached hydrogen (secondary N) is 1. The van der Waals surface area contributed by atoms with Crippen molar-refractivity contribution < 1.29 is 4.79 Å². The first-order valence-corrected chi connectivity index (χ1v) is 13.9. The Morgan fingerprint density at radius 3 is 2.58 bits per heavy atom. The van der Waals surface area contributed by atoms with Gasteiger partial charge in [-0.3, -0.25) is 19.1 Å². The van der Waals surface area contributed by atoms with Crippen molar-refractivity contribution in [2.75, 3.05) is 5.32 Å². The van der Waals surface area contributed by atoms with Crippen molar-refractivity contribution in [2.45, 2.75) is 77.9 Å². The van der Waals surface area contributed by atoms with Gasteiger partial charge in [0.25, 0.3) is 11.5 Å². The van der Waals surface area contributed by atoms with E-state index < -0.39 is 0 Å². The molecule has 0 unspecified atom stereocenters. The number of hydrogen-bond donors (Lipinski definition) is 1. The maximum absolute atomic E-state index is 13.5. The van der Waals surface area contributed by atoms with Crippen molar-refractivity contribution >= 4 is 46.1 Å². The predicted molar refractivity (Wildman–Crippen MR) is 151 cm³/mol. The van der Waals surface area contributed by atoms with Crippen molar-refractivity contribution in [3.8, 4) is 6.07 Å². The van der Waals surface area contributed by atoms with Gasteiger partial charge in [-0.25, -0.2) is 0 Å². The van der Waals surface area contributed by atoms with Gasteiger partial charge in [0.2, 0.25) is 0 Å². The number of nitriles is 1. The van der Waals surface area contributed by atoms with Crippen LogP contribution in [0.15, 0.2) is 40.0 Å². The molecule has 0 radical (unpaired) electrons. The van der Waals surface area contributed by atoms with E-state index in [4.69, 9.17) is 12.2 Å². The van der Waals surface area contributed by atoms with Crippen molar-refractivity contribution in [1.29, 1.82) is 5.26 Å². The summed E-state index contributed by atoms with van der Waals surface area (Å²) in [7, 11) is 0. The SMILES string of the molecule is CCCCn1c(NCc2ccccc2)c(/C=C2/SC(=S)N(C3CCCCC3)C2=O)c(C)c(C#N)c1=O. The van der Waals surface area contributed by atoms with Crippen LogP contribution in [0, 0.1) is 18.3 Å². The van der Waals surface area contributed by atoms with E-state index in [0.29, 0.717) is 39.3 Å². The minimum Gasteiger partial charge on any atom is -0.367 e. The predicted octanol–water partition coefficient (Wildman–Crippen LogP) is 5.97. The van der Waals surface area contributed by atoms with Crippen LogP contribution in [0.5, 0.6) is 0 Å². The van der Waals surface area contributed by atoms with Crippen molar-refractivity contribution in [1.82, 2.24) is 9.47 Å². The average Bonchev–Trinajstić information content (AvgIpc) is 3.17. The minimum atomic E-state index is -0.300. The van der Waals surface area contributed by atoms with Crippen molar-refractivity contribution in [2.24, 2.45) is 0 Å². The largest absolute Gasteiger partial charge is 0.367 e. The molecular formula is C28H32N4O2S2. The fourth-order valence-corrected chi connectivity index (χ4v) is 6.31. The van der Waals surface area contributed by atoms with Crippen LogP contribution in [-0.4, -0.2) is 25.7 Å². The lowest BCUT2D eigenvalue weighted by Crippen LogP contribution is -2.39. The number of benzene rings is 1. The molecule has 1 saturated carbocycles. The fraction of sp³-hybridized carbons (Fsp3) is 0.429. The zero-order chi connectivity index (χ0) is 25.7. The molecule has 8 heteroatoms. The first-order valence-electron chi connectivity index (χ1n) is 12.7. The molecule has 2 heterocycles. The minimum absolute atomic E-state index is 0.0740. The normalized spacial score (nSPS) is 17.6. The van der Waals surface area contributed by atoms with Gasteiger partial charge in [0.1, 0.15) is 21.8 Å². The molecule has 0 bridgehead atoms. The Kier molecular flexibility index (Phi) is 8.65. The van der Waals surface area contributed by atoms with Crippen LogP contribution >= 0.6 is 24.0 Å². The van der Waals surface area contributed by atoms with Crippen LogP contribution in [-0.2, 0) is 17.9 Å². The Hall–Kier alpha value is -2.89. The van der Waals surface area contributed by atoms with Crippen LogP contribution in [0.25, 0.3) is 6.08 Å². The lowest BCUT2D eigenvalue weighted by atomic mass is 9.94. The van der Waals surface area contributed by atoms with Crippen molar-refractivity contribution in [3.05, 3.63) is 67.8 Å². The van der Waals surface area contributed by atoms with E-state index in [1.165, 1.54) is 18.2 Å². The van der Waals surface area contributed by atoms with E-state index >= 15 is 0 Å². The maximum atomic E-state index is 13.5. The summed E-state index contributed by atoms with van der Waals surface area (Å²) in [5, 5.41) is 13.3. The van der Waals surface area contributed by atoms with Crippen LogP contribution in [0.1, 0.15) is 74.1 Å². The summed E-state index contributed by atoms with van der Waals surface area (Å²) >= 11 is 6.94. The topological polar surface area (TPSA) is 78.1 Å². The summed E-state index contributed by atoms with van der Waals surface area (Å²) in [4.78, 5) is 29.1. The zero-order valence-electron chi connectivity index (χ0n) is 20.9.